The summed E-state index contributed by atoms with van der Waals surface area (Å²) in [6.07, 6.45) is 1.41. The van der Waals surface area contributed by atoms with Crippen LogP contribution in [0, 0.1) is 10.5 Å². The van der Waals surface area contributed by atoms with Crippen LogP contribution in [-0.4, -0.2) is 17.0 Å². The van der Waals surface area contributed by atoms with Gasteiger partial charge in [-0.15, -0.1) is 0 Å². The van der Waals surface area contributed by atoms with Gasteiger partial charge < -0.3 is 15.2 Å². The topological polar surface area (TPSA) is 75.6 Å². The fourth-order valence-electron chi connectivity index (χ4n) is 2.50. The van der Waals surface area contributed by atoms with Crippen LogP contribution >= 0.6 is 22.6 Å². The predicted molar refractivity (Wildman–Crippen MR) is 120 cm³/mol. The number of carboxylic acid groups (broad SMARTS) is 1. The van der Waals surface area contributed by atoms with Crippen LogP contribution in [0.3, 0.4) is 0 Å². The highest BCUT2D eigenvalue weighted by molar-refractivity contribution is 14.1. The molecule has 146 valence electrons. The SMILES string of the molecule is Cc1ccc(C(=O)N/C(=C/c2ccc(Oc3ccccc3I)cc2)C(=O)O)cc1. The highest BCUT2D eigenvalue weighted by Crippen LogP contribution is 2.26. The molecule has 2 N–H and O–H groups in total. The third-order valence-electron chi connectivity index (χ3n) is 4.05. The maximum atomic E-state index is 12.3. The summed E-state index contributed by atoms with van der Waals surface area (Å²) in [7, 11) is 0. The van der Waals surface area contributed by atoms with E-state index < -0.39 is 11.9 Å². The first kappa shape index (κ1) is 20.6. The third kappa shape index (κ3) is 5.68. The van der Waals surface area contributed by atoms with Crippen molar-refractivity contribution in [3.63, 3.8) is 0 Å². The van der Waals surface area contributed by atoms with E-state index in [9.17, 15) is 14.7 Å². The van der Waals surface area contributed by atoms with Crippen molar-refractivity contribution in [1.82, 2.24) is 5.32 Å². The predicted octanol–water partition coefficient (Wildman–Crippen LogP) is 5.25. The van der Waals surface area contributed by atoms with Crippen molar-refractivity contribution < 1.29 is 19.4 Å². The van der Waals surface area contributed by atoms with Gasteiger partial charge in [0.25, 0.3) is 5.91 Å². The number of halogens is 1. The van der Waals surface area contributed by atoms with Gasteiger partial charge in [0.15, 0.2) is 0 Å². The van der Waals surface area contributed by atoms with Gasteiger partial charge in [-0.3, -0.25) is 4.79 Å². The monoisotopic (exact) mass is 499 g/mol. The molecule has 0 fully saturated rings. The molecule has 3 rings (SSSR count). The standard InChI is InChI=1S/C23H18INO4/c1-15-6-10-17(11-7-15)22(26)25-20(23(27)28)14-16-8-12-18(13-9-16)29-21-5-3-2-4-19(21)24/h2-14H,1H3,(H,25,26)(H,27,28)/b20-14+. The molecule has 0 aliphatic rings. The second-order valence-electron chi connectivity index (χ2n) is 6.28. The molecule has 0 unspecified atom stereocenters. The molecule has 5 nitrogen and oxygen atoms in total. The van der Waals surface area contributed by atoms with Crippen LogP contribution < -0.4 is 10.1 Å². The minimum atomic E-state index is -1.22. The molecule has 0 aliphatic heterocycles. The van der Waals surface area contributed by atoms with Gasteiger partial charge in [0.1, 0.15) is 17.2 Å². The Morgan fingerprint density at radius 1 is 0.966 bits per heavy atom. The number of ether oxygens (including phenoxy) is 1. The Bertz CT molecular complexity index is 1060. The second-order valence-corrected chi connectivity index (χ2v) is 7.45. The Kier molecular flexibility index (Phi) is 6.66. The number of hydrogen-bond acceptors (Lipinski definition) is 3. The van der Waals surface area contributed by atoms with E-state index in [1.807, 2.05) is 31.2 Å². The van der Waals surface area contributed by atoms with Crippen molar-refractivity contribution in [2.24, 2.45) is 0 Å². The second kappa shape index (κ2) is 9.38. The van der Waals surface area contributed by atoms with Crippen molar-refractivity contribution >= 4 is 40.5 Å². The normalized spacial score (nSPS) is 11.0. The van der Waals surface area contributed by atoms with Gasteiger partial charge in [-0.1, -0.05) is 42.0 Å². The largest absolute Gasteiger partial charge is 0.477 e. The Labute approximate surface area is 182 Å². The first-order valence-corrected chi connectivity index (χ1v) is 9.86. The third-order valence-corrected chi connectivity index (χ3v) is 4.94. The molecule has 6 heteroatoms. The summed E-state index contributed by atoms with van der Waals surface area (Å²) in [4.78, 5) is 23.9. The minimum absolute atomic E-state index is 0.207. The van der Waals surface area contributed by atoms with E-state index >= 15 is 0 Å². The molecule has 0 aromatic heterocycles. The maximum Gasteiger partial charge on any atom is 0.352 e. The number of amides is 1. The molecule has 0 radical (unpaired) electrons. The first-order chi connectivity index (χ1) is 13.9. The molecular weight excluding hydrogens is 481 g/mol. The quantitative estimate of drug-likeness (QED) is 0.359. The van der Waals surface area contributed by atoms with Crippen LogP contribution in [0.2, 0.25) is 0 Å². The van der Waals surface area contributed by atoms with Crippen molar-refractivity contribution in [3.05, 3.63) is 98.8 Å². The summed E-state index contributed by atoms with van der Waals surface area (Å²) in [5.41, 5.74) is 1.83. The number of nitrogens with one attached hydrogen (secondary N) is 1. The maximum absolute atomic E-state index is 12.3. The number of carbonyl (C=O) groups is 2. The van der Waals surface area contributed by atoms with Crippen molar-refractivity contribution in [2.75, 3.05) is 0 Å². The van der Waals surface area contributed by atoms with E-state index in [-0.39, 0.29) is 5.70 Å². The van der Waals surface area contributed by atoms with E-state index in [2.05, 4.69) is 27.9 Å². The molecule has 0 atom stereocenters. The average Bonchev–Trinajstić information content (AvgIpc) is 2.71. The molecule has 0 heterocycles. The van der Waals surface area contributed by atoms with Gasteiger partial charge in [-0.25, -0.2) is 4.79 Å². The summed E-state index contributed by atoms with van der Waals surface area (Å²) >= 11 is 2.19. The molecule has 0 saturated heterocycles. The summed E-state index contributed by atoms with van der Waals surface area (Å²) in [5.74, 6) is -0.318. The fraction of sp³-hybridized carbons (Fsp3) is 0.0435. The number of aryl methyl sites for hydroxylation is 1. The average molecular weight is 499 g/mol. The van der Waals surface area contributed by atoms with Crippen molar-refractivity contribution in [3.8, 4) is 11.5 Å². The zero-order chi connectivity index (χ0) is 20.8. The van der Waals surface area contributed by atoms with E-state index in [4.69, 9.17) is 4.74 Å². The molecule has 1 amide bonds. The van der Waals surface area contributed by atoms with Gasteiger partial charge in [0.05, 0.1) is 3.57 Å². The lowest BCUT2D eigenvalue weighted by Gasteiger charge is -2.09. The molecule has 0 bridgehead atoms. The van der Waals surface area contributed by atoms with E-state index in [1.54, 1.807) is 48.5 Å². The number of aliphatic carboxylic acids is 1. The Balaban J connectivity index is 1.75. The first-order valence-electron chi connectivity index (χ1n) is 8.78. The summed E-state index contributed by atoms with van der Waals surface area (Å²) in [6, 6.07) is 21.5. The van der Waals surface area contributed by atoms with Crippen molar-refractivity contribution in [1.29, 1.82) is 0 Å². The molecular formula is C23H18INO4. The lowest BCUT2D eigenvalue weighted by atomic mass is 10.1. The highest BCUT2D eigenvalue weighted by Gasteiger charge is 2.13. The molecule has 0 spiro atoms. The van der Waals surface area contributed by atoms with E-state index in [0.29, 0.717) is 16.9 Å². The number of benzene rings is 3. The number of hydrogen-bond donors (Lipinski definition) is 2. The smallest absolute Gasteiger partial charge is 0.352 e. The van der Waals surface area contributed by atoms with Crippen LogP contribution in [0.1, 0.15) is 21.5 Å². The van der Waals surface area contributed by atoms with Gasteiger partial charge in [-0.05, 0) is 77.6 Å². The minimum Gasteiger partial charge on any atom is -0.477 e. The number of carboxylic acids is 1. The molecule has 0 saturated carbocycles. The van der Waals surface area contributed by atoms with Crippen LogP contribution in [0.15, 0.2) is 78.5 Å². The molecule has 3 aromatic carbocycles. The van der Waals surface area contributed by atoms with Crippen LogP contribution in [-0.2, 0) is 4.79 Å². The molecule has 3 aromatic rings. The summed E-state index contributed by atoms with van der Waals surface area (Å²) in [6.45, 7) is 1.91. The van der Waals surface area contributed by atoms with Crippen molar-refractivity contribution in [2.45, 2.75) is 6.92 Å². The van der Waals surface area contributed by atoms with Gasteiger partial charge in [-0.2, -0.15) is 0 Å². The zero-order valence-corrected chi connectivity index (χ0v) is 17.7. The van der Waals surface area contributed by atoms with E-state index in [1.165, 1.54) is 6.08 Å². The Morgan fingerprint density at radius 2 is 1.62 bits per heavy atom. The van der Waals surface area contributed by atoms with Crippen LogP contribution in [0.25, 0.3) is 6.08 Å². The fourth-order valence-corrected chi connectivity index (χ4v) is 3.00. The highest BCUT2D eigenvalue weighted by atomic mass is 127. The Hall–Kier alpha value is -3.13. The lowest BCUT2D eigenvalue weighted by Crippen LogP contribution is -2.27. The van der Waals surface area contributed by atoms with Gasteiger partial charge in [0.2, 0.25) is 0 Å². The summed E-state index contributed by atoms with van der Waals surface area (Å²) in [5, 5.41) is 11.9. The number of para-hydroxylation sites is 1. The number of rotatable bonds is 6. The van der Waals surface area contributed by atoms with Crippen LogP contribution in [0.5, 0.6) is 11.5 Å². The Morgan fingerprint density at radius 3 is 2.24 bits per heavy atom. The van der Waals surface area contributed by atoms with Gasteiger partial charge in [0, 0.05) is 5.56 Å². The zero-order valence-electron chi connectivity index (χ0n) is 15.6. The summed E-state index contributed by atoms with van der Waals surface area (Å²) < 4.78 is 6.82. The molecule has 0 aliphatic carbocycles. The van der Waals surface area contributed by atoms with Crippen LogP contribution in [0.4, 0.5) is 0 Å². The number of carbonyl (C=O) groups excluding carboxylic acids is 1. The molecule has 29 heavy (non-hydrogen) atoms. The lowest BCUT2D eigenvalue weighted by molar-refractivity contribution is -0.132. The van der Waals surface area contributed by atoms with Gasteiger partial charge >= 0.3 is 5.97 Å². The van der Waals surface area contributed by atoms with E-state index in [0.717, 1.165) is 14.9 Å².